The lowest BCUT2D eigenvalue weighted by Gasteiger charge is -2.28. The second kappa shape index (κ2) is 15.1. The maximum atomic E-state index is 14.2. The highest BCUT2D eigenvalue weighted by Crippen LogP contribution is 2.32. The summed E-state index contributed by atoms with van der Waals surface area (Å²) in [7, 11) is 0. The van der Waals surface area contributed by atoms with Gasteiger partial charge in [0.2, 0.25) is 23.6 Å². The first-order chi connectivity index (χ1) is 22.8. The Bertz CT molecular complexity index is 1810. The number of aromatic nitrogens is 2. The Morgan fingerprint density at radius 3 is 1.62 bits per heavy atom. The van der Waals surface area contributed by atoms with Gasteiger partial charge in [-0.3, -0.25) is 34.4 Å². The van der Waals surface area contributed by atoms with E-state index in [1.165, 1.54) is 0 Å². The van der Waals surface area contributed by atoms with Gasteiger partial charge in [0.05, 0.1) is 22.4 Å². The summed E-state index contributed by atoms with van der Waals surface area (Å²) in [5.74, 6) is -1.71. The maximum Gasteiger partial charge on any atom is 0.244 e. The molecule has 0 aliphatic rings. The van der Waals surface area contributed by atoms with Gasteiger partial charge >= 0.3 is 0 Å². The van der Waals surface area contributed by atoms with E-state index in [0.717, 1.165) is 23.6 Å². The first-order valence-corrected chi connectivity index (χ1v) is 15.4. The molecule has 2 heterocycles. The second-order valence-electron chi connectivity index (χ2n) is 11.4. The number of nitrogens with one attached hydrogen (secondary N) is 4. The lowest BCUT2D eigenvalue weighted by Crippen LogP contribution is -2.47. The summed E-state index contributed by atoms with van der Waals surface area (Å²) < 4.78 is 0. The minimum Gasteiger partial charge on any atom is -0.326 e. The van der Waals surface area contributed by atoms with Gasteiger partial charge in [0.1, 0.15) is 0 Å². The zero-order valence-electron chi connectivity index (χ0n) is 26.0. The van der Waals surface area contributed by atoms with Gasteiger partial charge in [0, 0.05) is 41.7 Å². The number of benzene rings is 3. The summed E-state index contributed by atoms with van der Waals surface area (Å²) in [6, 6.07) is 24.9. The predicted octanol–water partition coefficient (Wildman–Crippen LogP) is 6.10. The smallest absolute Gasteiger partial charge is 0.244 e. The van der Waals surface area contributed by atoms with Crippen LogP contribution in [0.1, 0.15) is 51.0 Å². The van der Waals surface area contributed by atoms with E-state index < -0.39 is 23.1 Å². The number of pyridine rings is 2. The summed E-state index contributed by atoms with van der Waals surface area (Å²) in [5, 5.41) is 19.0. The number of hydrogen-bond donors (Lipinski definition) is 5. The Labute approximate surface area is 271 Å². The van der Waals surface area contributed by atoms with Crippen LogP contribution in [0.3, 0.4) is 0 Å². The van der Waals surface area contributed by atoms with E-state index in [1.54, 1.807) is 61.2 Å². The maximum absolute atomic E-state index is 14.2. The standard InChI is InChI=1S/C36H36N6O5/c1-36(34(45)40-28-14-6-10-24-12-8-22-37-32(24)28,35(46)41-29-15-7-11-25-13-9-23-38-33(25)29)26-18-20-27(21-19-26)39-30(43)16-4-2-3-5-17-31(44)42-47/h6-15,18-23,47H,2-5,16-17H2,1H3,(H,39,43)(H,40,45)(H,41,46)(H,42,44). The number of hydrogen-bond acceptors (Lipinski definition) is 7. The van der Waals surface area contributed by atoms with Crippen molar-refractivity contribution in [1.29, 1.82) is 0 Å². The highest BCUT2D eigenvalue weighted by Gasteiger charge is 2.43. The molecule has 0 unspecified atom stereocenters. The van der Waals surface area contributed by atoms with Crippen molar-refractivity contribution in [3.05, 3.63) is 103 Å². The molecule has 0 fully saturated rings. The van der Waals surface area contributed by atoms with Gasteiger partial charge in [-0.05, 0) is 61.7 Å². The fourth-order valence-corrected chi connectivity index (χ4v) is 5.36. The molecule has 3 aromatic carbocycles. The van der Waals surface area contributed by atoms with Crippen molar-refractivity contribution in [3.8, 4) is 0 Å². The van der Waals surface area contributed by atoms with E-state index in [1.807, 2.05) is 48.5 Å². The van der Waals surface area contributed by atoms with Gasteiger partial charge < -0.3 is 16.0 Å². The quantitative estimate of drug-likeness (QED) is 0.0453. The van der Waals surface area contributed by atoms with E-state index in [0.29, 0.717) is 52.9 Å². The molecule has 11 nitrogen and oxygen atoms in total. The second-order valence-corrected chi connectivity index (χ2v) is 11.4. The van der Waals surface area contributed by atoms with Crippen LogP contribution in [0.15, 0.2) is 97.3 Å². The molecule has 0 spiro atoms. The van der Waals surface area contributed by atoms with Gasteiger partial charge in [0.15, 0.2) is 5.41 Å². The highest BCUT2D eigenvalue weighted by atomic mass is 16.5. The number of para-hydroxylation sites is 2. The molecule has 240 valence electrons. The van der Waals surface area contributed by atoms with Crippen molar-refractivity contribution < 1.29 is 24.4 Å². The van der Waals surface area contributed by atoms with E-state index in [-0.39, 0.29) is 12.3 Å². The average Bonchev–Trinajstić information content (AvgIpc) is 3.09. The van der Waals surface area contributed by atoms with Crippen molar-refractivity contribution in [2.24, 2.45) is 0 Å². The number of carbonyl (C=O) groups is 4. The first-order valence-electron chi connectivity index (χ1n) is 15.4. The topological polar surface area (TPSA) is 162 Å². The minimum atomic E-state index is -1.71. The van der Waals surface area contributed by atoms with Crippen LogP contribution >= 0.6 is 0 Å². The molecule has 5 aromatic rings. The third kappa shape index (κ3) is 7.77. The highest BCUT2D eigenvalue weighted by molar-refractivity contribution is 6.21. The van der Waals surface area contributed by atoms with Crippen LogP contribution in [0.4, 0.5) is 17.1 Å². The summed E-state index contributed by atoms with van der Waals surface area (Å²) in [4.78, 5) is 60.9. The van der Waals surface area contributed by atoms with Crippen LogP contribution in [0.25, 0.3) is 21.8 Å². The molecule has 11 heteroatoms. The zero-order valence-corrected chi connectivity index (χ0v) is 26.0. The SMILES string of the molecule is CC(C(=O)Nc1cccc2cccnc12)(C(=O)Nc1cccc2cccnc12)c1ccc(NC(=O)CCCCCCC(=O)NO)cc1. The van der Waals surface area contributed by atoms with Crippen LogP contribution in [-0.2, 0) is 24.6 Å². The molecule has 5 rings (SSSR count). The Balaban J connectivity index is 1.35. The van der Waals surface area contributed by atoms with Crippen molar-refractivity contribution in [1.82, 2.24) is 15.4 Å². The van der Waals surface area contributed by atoms with Crippen molar-refractivity contribution in [2.75, 3.05) is 16.0 Å². The lowest BCUT2D eigenvalue weighted by molar-refractivity contribution is -0.131. The largest absolute Gasteiger partial charge is 0.326 e. The number of carbonyl (C=O) groups excluding carboxylic acids is 4. The molecule has 2 aromatic heterocycles. The molecule has 5 N–H and O–H groups in total. The monoisotopic (exact) mass is 632 g/mol. The normalized spacial score (nSPS) is 11.2. The summed E-state index contributed by atoms with van der Waals surface area (Å²) in [5.41, 5.74) is 2.98. The molecule has 0 bridgehead atoms. The molecule has 47 heavy (non-hydrogen) atoms. The van der Waals surface area contributed by atoms with Crippen LogP contribution in [-0.4, -0.2) is 38.8 Å². The molecule has 0 aliphatic carbocycles. The van der Waals surface area contributed by atoms with Crippen LogP contribution < -0.4 is 21.4 Å². The predicted molar refractivity (Wildman–Crippen MR) is 181 cm³/mol. The van der Waals surface area contributed by atoms with Gasteiger partial charge in [-0.2, -0.15) is 0 Å². The molecule has 4 amide bonds. The molecular formula is C36H36N6O5. The Kier molecular flexibility index (Phi) is 10.5. The van der Waals surface area contributed by atoms with Gasteiger partial charge in [0.25, 0.3) is 0 Å². The van der Waals surface area contributed by atoms with E-state index in [9.17, 15) is 19.2 Å². The summed E-state index contributed by atoms with van der Waals surface area (Å²) >= 11 is 0. The molecule has 0 radical (unpaired) electrons. The van der Waals surface area contributed by atoms with E-state index in [4.69, 9.17) is 5.21 Å². The molecule has 0 aliphatic heterocycles. The zero-order chi connectivity index (χ0) is 33.2. The summed E-state index contributed by atoms with van der Waals surface area (Å²) in [6.45, 7) is 1.56. The van der Waals surface area contributed by atoms with Crippen molar-refractivity contribution >= 4 is 62.5 Å². The molecular weight excluding hydrogens is 596 g/mol. The number of fused-ring (bicyclic) bond motifs is 2. The fraction of sp³-hybridized carbons (Fsp3) is 0.222. The first kappa shape index (κ1) is 32.7. The van der Waals surface area contributed by atoms with Crippen molar-refractivity contribution in [2.45, 2.75) is 50.9 Å². The average molecular weight is 633 g/mol. The number of rotatable bonds is 13. The number of hydroxylamine groups is 1. The van der Waals surface area contributed by atoms with Gasteiger partial charge in [-0.15, -0.1) is 0 Å². The Morgan fingerprint density at radius 1 is 0.617 bits per heavy atom. The third-order valence-electron chi connectivity index (χ3n) is 8.10. The van der Waals surface area contributed by atoms with Gasteiger partial charge in [-0.1, -0.05) is 61.4 Å². The number of anilines is 3. The van der Waals surface area contributed by atoms with Gasteiger partial charge in [-0.25, -0.2) is 5.48 Å². The van der Waals surface area contributed by atoms with Crippen LogP contribution in [0.2, 0.25) is 0 Å². The Hall–Kier alpha value is -5.68. The van der Waals surface area contributed by atoms with Crippen molar-refractivity contribution in [3.63, 3.8) is 0 Å². The van der Waals surface area contributed by atoms with Crippen LogP contribution in [0, 0.1) is 0 Å². The molecule has 0 saturated carbocycles. The Morgan fingerprint density at radius 2 is 1.11 bits per heavy atom. The molecule has 0 saturated heterocycles. The number of nitrogens with zero attached hydrogens (tertiary/aromatic N) is 2. The molecule has 0 atom stereocenters. The fourth-order valence-electron chi connectivity index (χ4n) is 5.36. The van der Waals surface area contributed by atoms with Crippen LogP contribution in [0.5, 0.6) is 0 Å². The van der Waals surface area contributed by atoms with E-state index in [2.05, 4.69) is 25.9 Å². The number of unbranched alkanes of at least 4 members (excludes halogenated alkanes) is 3. The number of amides is 4. The van der Waals surface area contributed by atoms with E-state index >= 15 is 0 Å². The third-order valence-corrected chi connectivity index (χ3v) is 8.10. The lowest BCUT2D eigenvalue weighted by atomic mass is 9.80. The minimum absolute atomic E-state index is 0.170. The summed E-state index contributed by atoms with van der Waals surface area (Å²) in [6.07, 6.45) is 6.63.